The molecule has 0 aliphatic carbocycles. The summed E-state index contributed by atoms with van der Waals surface area (Å²) >= 11 is 7.44. The number of nitrogens with one attached hydrogen (secondary N) is 1. The Morgan fingerprint density at radius 1 is 1.10 bits per heavy atom. The molecule has 1 aromatic carbocycles. The maximum absolute atomic E-state index is 5.89. The van der Waals surface area contributed by atoms with Gasteiger partial charge < -0.3 is 10.1 Å². The average molecular weight is 310 g/mol. The Kier molecular flexibility index (Phi) is 5.08. The van der Waals surface area contributed by atoms with E-state index in [-0.39, 0.29) is 5.54 Å². The summed E-state index contributed by atoms with van der Waals surface area (Å²) in [6, 6.07) is 12.1. The number of hydrogen-bond donors (Lipinski definition) is 1. The first kappa shape index (κ1) is 15.4. The van der Waals surface area contributed by atoms with E-state index >= 15 is 0 Å². The Morgan fingerprint density at radius 2 is 1.80 bits per heavy atom. The normalized spacial score (nSPS) is 11.6. The van der Waals surface area contributed by atoms with Gasteiger partial charge in [0, 0.05) is 17.0 Å². The van der Waals surface area contributed by atoms with Crippen LogP contribution >= 0.6 is 22.9 Å². The summed E-state index contributed by atoms with van der Waals surface area (Å²) in [5, 5.41) is 3.46. The van der Waals surface area contributed by atoms with Gasteiger partial charge >= 0.3 is 0 Å². The van der Waals surface area contributed by atoms with Crippen molar-refractivity contribution in [1.82, 2.24) is 5.32 Å². The predicted molar refractivity (Wildman–Crippen MR) is 86.7 cm³/mol. The van der Waals surface area contributed by atoms with Gasteiger partial charge in [0.15, 0.2) is 0 Å². The average Bonchev–Trinajstić information content (AvgIpc) is 2.80. The zero-order valence-electron chi connectivity index (χ0n) is 12.1. The van der Waals surface area contributed by atoms with Crippen LogP contribution in [0.5, 0.6) is 5.75 Å². The highest BCUT2D eigenvalue weighted by Crippen LogP contribution is 2.23. The Balaban J connectivity index is 1.85. The van der Waals surface area contributed by atoms with E-state index in [1.165, 1.54) is 5.56 Å². The van der Waals surface area contributed by atoms with Crippen molar-refractivity contribution < 1.29 is 4.74 Å². The third kappa shape index (κ3) is 5.16. The maximum Gasteiger partial charge on any atom is 0.122 e. The molecule has 1 heterocycles. The van der Waals surface area contributed by atoms with Gasteiger partial charge in [-0.2, -0.15) is 0 Å². The van der Waals surface area contributed by atoms with E-state index in [9.17, 15) is 0 Å². The van der Waals surface area contributed by atoms with Crippen LogP contribution in [0.2, 0.25) is 4.34 Å². The minimum Gasteiger partial charge on any atom is -0.488 e. The quantitative estimate of drug-likeness (QED) is 0.851. The summed E-state index contributed by atoms with van der Waals surface area (Å²) in [6.07, 6.45) is 0. The second-order valence-corrected chi connectivity index (χ2v) is 7.54. The molecule has 0 unspecified atom stereocenters. The number of ether oxygens (including phenoxy) is 1. The summed E-state index contributed by atoms with van der Waals surface area (Å²) < 4.78 is 6.54. The van der Waals surface area contributed by atoms with Gasteiger partial charge in [-0.25, -0.2) is 0 Å². The van der Waals surface area contributed by atoms with E-state index in [1.54, 1.807) is 11.3 Å². The molecule has 2 aromatic rings. The van der Waals surface area contributed by atoms with Crippen molar-refractivity contribution in [3.63, 3.8) is 0 Å². The lowest BCUT2D eigenvalue weighted by Gasteiger charge is -2.20. The summed E-state index contributed by atoms with van der Waals surface area (Å²) in [5.74, 6) is 0.883. The number of rotatable bonds is 5. The van der Waals surface area contributed by atoms with Crippen LogP contribution in [0.15, 0.2) is 36.4 Å². The molecule has 20 heavy (non-hydrogen) atoms. The molecular formula is C16H20ClNOS. The molecule has 1 aromatic heterocycles. The Hall–Kier alpha value is -1.03. The second-order valence-electron chi connectivity index (χ2n) is 5.74. The van der Waals surface area contributed by atoms with Crippen LogP contribution in [-0.2, 0) is 13.2 Å². The van der Waals surface area contributed by atoms with Gasteiger partial charge in [0.2, 0.25) is 0 Å². The molecule has 0 amide bonds. The van der Waals surface area contributed by atoms with Crippen molar-refractivity contribution >= 4 is 22.9 Å². The van der Waals surface area contributed by atoms with Crippen LogP contribution in [0, 0.1) is 0 Å². The molecule has 0 bridgehead atoms. The molecule has 0 atom stereocenters. The second kappa shape index (κ2) is 6.61. The minimum absolute atomic E-state index is 0.133. The van der Waals surface area contributed by atoms with E-state index in [2.05, 4.69) is 38.2 Å². The summed E-state index contributed by atoms with van der Waals surface area (Å²) in [7, 11) is 0. The maximum atomic E-state index is 5.89. The number of thiophene rings is 1. The van der Waals surface area contributed by atoms with Gasteiger partial charge in [0.05, 0.1) is 4.34 Å². The van der Waals surface area contributed by atoms with Crippen LogP contribution in [0.1, 0.15) is 31.2 Å². The predicted octanol–water partition coefficient (Wildman–Crippen LogP) is 4.87. The van der Waals surface area contributed by atoms with Crippen LogP contribution in [0.3, 0.4) is 0 Å². The third-order valence-electron chi connectivity index (χ3n) is 2.76. The van der Waals surface area contributed by atoms with Crippen molar-refractivity contribution in [1.29, 1.82) is 0 Å². The van der Waals surface area contributed by atoms with Crippen LogP contribution in [0.4, 0.5) is 0 Å². The fraction of sp³-hybridized carbons (Fsp3) is 0.375. The monoisotopic (exact) mass is 309 g/mol. The van der Waals surface area contributed by atoms with Crippen molar-refractivity contribution in [2.75, 3.05) is 0 Å². The molecule has 0 spiro atoms. The molecular weight excluding hydrogens is 290 g/mol. The molecule has 0 saturated carbocycles. The van der Waals surface area contributed by atoms with Crippen molar-refractivity contribution in [2.45, 2.75) is 39.5 Å². The van der Waals surface area contributed by atoms with Gasteiger partial charge in [0.1, 0.15) is 12.4 Å². The fourth-order valence-electron chi connectivity index (χ4n) is 1.65. The van der Waals surface area contributed by atoms with E-state index in [0.717, 1.165) is 21.5 Å². The van der Waals surface area contributed by atoms with Gasteiger partial charge in [-0.15, -0.1) is 11.3 Å². The first-order valence-electron chi connectivity index (χ1n) is 6.63. The Labute approximate surface area is 129 Å². The lowest BCUT2D eigenvalue weighted by atomic mass is 10.1. The standard InChI is InChI=1S/C16H20ClNOS/c1-16(2,3)18-10-12-4-6-13(7-5-12)19-11-14-8-9-15(17)20-14/h4-9,18H,10-11H2,1-3H3. The Morgan fingerprint density at radius 3 is 2.35 bits per heavy atom. The summed E-state index contributed by atoms with van der Waals surface area (Å²) in [6.45, 7) is 7.92. The molecule has 0 radical (unpaired) electrons. The van der Waals surface area contributed by atoms with E-state index in [0.29, 0.717) is 6.61 Å². The highest BCUT2D eigenvalue weighted by Gasteiger charge is 2.08. The first-order valence-corrected chi connectivity index (χ1v) is 7.83. The smallest absolute Gasteiger partial charge is 0.122 e. The molecule has 108 valence electrons. The largest absolute Gasteiger partial charge is 0.488 e. The van der Waals surface area contributed by atoms with Crippen LogP contribution < -0.4 is 10.1 Å². The number of halogens is 1. The molecule has 2 rings (SSSR count). The first-order chi connectivity index (χ1) is 9.42. The molecule has 4 heteroatoms. The van der Waals surface area contributed by atoms with Crippen LogP contribution in [0.25, 0.3) is 0 Å². The van der Waals surface area contributed by atoms with E-state index in [1.807, 2.05) is 24.3 Å². The lowest BCUT2D eigenvalue weighted by molar-refractivity contribution is 0.309. The van der Waals surface area contributed by atoms with Crippen LogP contribution in [-0.4, -0.2) is 5.54 Å². The fourth-order valence-corrected chi connectivity index (χ4v) is 2.66. The highest BCUT2D eigenvalue weighted by molar-refractivity contribution is 7.16. The molecule has 0 saturated heterocycles. The van der Waals surface area contributed by atoms with Crippen molar-refractivity contribution in [2.24, 2.45) is 0 Å². The zero-order valence-corrected chi connectivity index (χ0v) is 13.6. The number of benzene rings is 1. The van der Waals surface area contributed by atoms with Crippen molar-refractivity contribution in [3.8, 4) is 5.75 Å². The zero-order chi connectivity index (χ0) is 14.6. The molecule has 0 aliphatic rings. The molecule has 0 aliphatic heterocycles. The topological polar surface area (TPSA) is 21.3 Å². The van der Waals surface area contributed by atoms with E-state index in [4.69, 9.17) is 16.3 Å². The van der Waals surface area contributed by atoms with Gasteiger partial charge in [-0.05, 0) is 50.6 Å². The minimum atomic E-state index is 0.133. The highest BCUT2D eigenvalue weighted by atomic mass is 35.5. The lowest BCUT2D eigenvalue weighted by Crippen LogP contribution is -2.34. The Bertz CT molecular complexity index is 542. The van der Waals surface area contributed by atoms with E-state index < -0.39 is 0 Å². The molecule has 1 N–H and O–H groups in total. The van der Waals surface area contributed by atoms with Crippen molar-refractivity contribution in [3.05, 3.63) is 51.2 Å². The van der Waals surface area contributed by atoms with Gasteiger partial charge in [0.25, 0.3) is 0 Å². The number of hydrogen-bond acceptors (Lipinski definition) is 3. The van der Waals surface area contributed by atoms with Gasteiger partial charge in [-0.1, -0.05) is 23.7 Å². The summed E-state index contributed by atoms with van der Waals surface area (Å²) in [4.78, 5) is 1.13. The third-order valence-corrected chi connectivity index (χ3v) is 3.96. The SMILES string of the molecule is CC(C)(C)NCc1ccc(OCc2ccc(Cl)s2)cc1. The van der Waals surface area contributed by atoms with Gasteiger partial charge in [-0.3, -0.25) is 0 Å². The molecule has 0 fully saturated rings. The molecule has 2 nitrogen and oxygen atoms in total. The summed E-state index contributed by atoms with van der Waals surface area (Å²) in [5.41, 5.74) is 1.39.